The van der Waals surface area contributed by atoms with Crippen LogP contribution >= 0.6 is 11.6 Å². The Morgan fingerprint density at radius 2 is 1.95 bits per heavy atom. The zero-order valence-corrected chi connectivity index (χ0v) is 13.1. The molecule has 112 valence electrons. The van der Waals surface area contributed by atoms with Gasteiger partial charge in [-0.05, 0) is 25.3 Å². The molecule has 0 saturated heterocycles. The Bertz CT molecular complexity index is 603. The third-order valence-corrected chi connectivity index (χ3v) is 5.05. The number of aliphatic hydroxyl groups is 1. The van der Waals surface area contributed by atoms with E-state index in [1.807, 2.05) is 29.8 Å². The molecule has 1 unspecified atom stereocenters. The Morgan fingerprint density at radius 1 is 1.29 bits per heavy atom. The van der Waals surface area contributed by atoms with Crippen LogP contribution in [-0.4, -0.2) is 14.9 Å². The molecule has 3 nitrogen and oxygen atoms in total. The fourth-order valence-electron chi connectivity index (χ4n) is 3.65. The van der Waals surface area contributed by atoms with Gasteiger partial charge in [-0.15, -0.1) is 0 Å². The molecule has 0 spiro atoms. The lowest BCUT2D eigenvalue weighted by Crippen LogP contribution is -2.32. The van der Waals surface area contributed by atoms with Gasteiger partial charge in [0, 0.05) is 12.0 Å². The highest BCUT2D eigenvalue weighted by atomic mass is 35.5. The quantitative estimate of drug-likeness (QED) is 0.923. The zero-order valence-electron chi connectivity index (χ0n) is 12.3. The first-order valence-corrected chi connectivity index (χ1v) is 8.01. The number of hydrogen-bond donors (Lipinski definition) is 1. The highest BCUT2D eigenvalue weighted by molar-refractivity contribution is 6.31. The summed E-state index contributed by atoms with van der Waals surface area (Å²) in [6, 6.07) is 10.3. The standard InChI is InChI=1S/C17H21ClN2O/c1-2-20-15(14(18)12-19-20)16(21)17(10-6-7-11-17)13-8-4-3-5-9-13/h3-5,8-9,12,16,21H,2,6-7,10-11H2,1H3. The van der Waals surface area contributed by atoms with E-state index in [0.717, 1.165) is 31.4 Å². The number of hydrogen-bond acceptors (Lipinski definition) is 2. The van der Waals surface area contributed by atoms with Gasteiger partial charge in [-0.3, -0.25) is 4.68 Å². The first kappa shape index (κ1) is 14.6. The van der Waals surface area contributed by atoms with Crippen LogP contribution in [0, 0.1) is 0 Å². The Morgan fingerprint density at radius 3 is 2.57 bits per heavy atom. The molecule has 0 radical (unpaired) electrons. The molecule has 21 heavy (non-hydrogen) atoms. The summed E-state index contributed by atoms with van der Waals surface area (Å²) in [6.07, 6.45) is 5.29. The molecule has 2 aromatic rings. The molecule has 1 N–H and O–H groups in total. The van der Waals surface area contributed by atoms with Crippen LogP contribution in [-0.2, 0) is 12.0 Å². The van der Waals surface area contributed by atoms with E-state index in [1.165, 1.54) is 5.56 Å². The van der Waals surface area contributed by atoms with Gasteiger partial charge in [0.1, 0.15) is 6.10 Å². The minimum absolute atomic E-state index is 0.238. The molecule has 1 aliphatic rings. The van der Waals surface area contributed by atoms with E-state index in [1.54, 1.807) is 6.20 Å². The second-order valence-electron chi connectivity index (χ2n) is 5.83. The molecule has 1 aliphatic carbocycles. The monoisotopic (exact) mass is 304 g/mol. The van der Waals surface area contributed by atoms with Crippen molar-refractivity contribution in [2.75, 3.05) is 0 Å². The van der Waals surface area contributed by atoms with Crippen LogP contribution in [0.1, 0.15) is 50.0 Å². The van der Waals surface area contributed by atoms with E-state index in [-0.39, 0.29) is 5.41 Å². The molecule has 1 saturated carbocycles. The minimum atomic E-state index is -0.614. The molecule has 3 rings (SSSR count). The summed E-state index contributed by atoms with van der Waals surface area (Å²) in [5.41, 5.74) is 1.72. The van der Waals surface area contributed by atoms with Crippen LogP contribution in [0.3, 0.4) is 0 Å². The highest BCUT2D eigenvalue weighted by Gasteiger charge is 2.44. The Kier molecular flexibility index (Phi) is 4.05. The van der Waals surface area contributed by atoms with E-state index in [9.17, 15) is 5.11 Å². The molecule has 1 heterocycles. The van der Waals surface area contributed by atoms with Gasteiger partial charge in [-0.25, -0.2) is 0 Å². The second kappa shape index (κ2) is 5.82. The van der Waals surface area contributed by atoms with Gasteiger partial charge < -0.3 is 5.11 Å². The second-order valence-corrected chi connectivity index (χ2v) is 6.23. The van der Waals surface area contributed by atoms with Gasteiger partial charge >= 0.3 is 0 Å². The van der Waals surface area contributed by atoms with E-state index >= 15 is 0 Å². The van der Waals surface area contributed by atoms with Crippen molar-refractivity contribution in [3.8, 4) is 0 Å². The highest BCUT2D eigenvalue weighted by Crippen LogP contribution is 2.50. The number of halogens is 1. The third-order valence-electron chi connectivity index (χ3n) is 4.76. The van der Waals surface area contributed by atoms with Gasteiger partial charge in [-0.1, -0.05) is 54.8 Å². The van der Waals surface area contributed by atoms with Crippen molar-refractivity contribution < 1.29 is 5.11 Å². The minimum Gasteiger partial charge on any atom is -0.386 e. The van der Waals surface area contributed by atoms with E-state index in [2.05, 4.69) is 17.2 Å². The van der Waals surface area contributed by atoms with Gasteiger partial charge in [0.05, 0.1) is 16.9 Å². The molecular weight excluding hydrogens is 284 g/mol. The van der Waals surface area contributed by atoms with Crippen molar-refractivity contribution >= 4 is 11.6 Å². The summed E-state index contributed by atoms with van der Waals surface area (Å²) in [5, 5.41) is 16.0. The largest absolute Gasteiger partial charge is 0.386 e. The Hall–Kier alpha value is -1.32. The van der Waals surface area contributed by atoms with Crippen molar-refractivity contribution in [1.82, 2.24) is 9.78 Å². The molecule has 1 aromatic heterocycles. The molecule has 1 aromatic carbocycles. The molecule has 1 fully saturated rings. The number of aliphatic hydroxyl groups excluding tert-OH is 1. The van der Waals surface area contributed by atoms with Gasteiger partial charge in [-0.2, -0.15) is 5.10 Å². The first-order chi connectivity index (χ1) is 10.2. The summed E-state index contributed by atoms with van der Waals surface area (Å²) in [5.74, 6) is 0. The van der Waals surface area contributed by atoms with Gasteiger partial charge in [0.25, 0.3) is 0 Å². The number of rotatable bonds is 4. The fraction of sp³-hybridized carbons (Fsp3) is 0.471. The van der Waals surface area contributed by atoms with Crippen LogP contribution < -0.4 is 0 Å². The third kappa shape index (κ3) is 2.39. The molecule has 4 heteroatoms. The average Bonchev–Trinajstić information content (AvgIpc) is 3.15. The first-order valence-electron chi connectivity index (χ1n) is 7.64. The maximum Gasteiger partial charge on any atom is 0.107 e. The summed E-state index contributed by atoms with van der Waals surface area (Å²) in [6.45, 7) is 2.73. The maximum absolute atomic E-state index is 11.2. The molecule has 0 amide bonds. The molecule has 1 atom stereocenters. The Labute approximate surface area is 130 Å². The smallest absolute Gasteiger partial charge is 0.107 e. The van der Waals surface area contributed by atoms with Crippen molar-refractivity contribution in [1.29, 1.82) is 0 Å². The van der Waals surface area contributed by atoms with Crippen molar-refractivity contribution in [2.45, 2.75) is 50.7 Å². The predicted molar refractivity (Wildman–Crippen MR) is 84.5 cm³/mol. The van der Waals surface area contributed by atoms with Crippen molar-refractivity contribution in [3.05, 3.63) is 52.8 Å². The molecular formula is C17H21ClN2O. The van der Waals surface area contributed by atoms with Gasteiger partial charge in [0.2, 0.25) is 0 Å². The number of benzene rings is 1. The average molecular weight is 305 g/mol. The lowest BCUT2D eigenvalue weighted by atomic mass is 9.73. The fourth-order valence-corrected chi connectivity index (χ4v) is 3.90. The van der Waals surface area contributed by atoms with E-state index < -0.39 is 6.10 Å². The topological polar surface area (TPSA) is 38.0 Å². The number of aryl methyl sites for hydroxylation is 1. The molecule has 0 bridgehead atoms. The van der Waals surface area contributed by atoms with Crippen LogP contribution in [0.25, 0.3) is 0 Å². The lowest BCUT2D eigenvalue weighted by Gasteiger charge is -2.35. The van der Waals surface area contributed by atoms with E-state index in [0.29, 0.717) is 11.6 Å². The summed E-state index contributed by atoms with van der Waals surface area (Å²) >= 11 is 6.30. The number of nitrogens with zero attached hydrogens (tertiary/aromatic N) is 2. The van der Waals surface area contributed by atoms with Crippen LogP contribution in [0.15, 0.2) is 36.5 Å². The van der Waals surface area contributed by atoms with Crippen molar-refractivity contribution in [3.63, 3.8) is 0 Å². The molecule has 0 aliphatic heterocycles. The van der Waals surface area contributed by atoms with Crippen molar-refractivity contribution in [2.24, 2.45) is 0 Å². The van der Waals surface area contributed by atoms with Crippen LogP contribution in [0.2, 0.25) is 5.02 Å². The predicted octanol–water partition coefficient (Wildman–Crippen LogP) is 4.10. The Balaban J connectivity index is 2.07. The summed E-state index contributed by atoms with van der Waals surface area (Å²) in [7, 11) is 0. The van der Waals surface area contributed by atoms with Crippen LogP contribution in [0.5, 0.6) is 0 Å². The maximum atomic E-state index is 11.2. The summed E-state index contributed by atoms with van der Waals surface area (Å²) < 4.78 is 1.82. The SMILES string of the molecule is CCn1ncc(Cl)c1C(O)C1(c2ccccc2)CCCC1. The zero-order chi connectivity index (χ0) is 14.9. The summed E-state index contributed by atoms with van der Waals surface area (Å²) in [4.78, 5) is 0. The van der Waals surface area contributed by atoms with Gasteiger partial charge in [0.15, 0.2) is 0 Å². The lowest BCUT2D eigenvalue weighted by molar-refractivity contribution is 0.0740. The number of aromatic nitrogens is 2. The normalized spacial score (nSPS) is 18.8. The van der Waals surface area contributed by atoms with Crippen LogP contribution in [0.4, 0.5) is 0 Å². The van der Waals surface area contributed by atoms with E-state index in [4.69, 9.17) is 11.6 Å².